The molecule has 0 fully saturated rings. The van der Waals surface area contributed by atoms with Crippen LogP contribution in [0.4, 0.5) is 0 Å². The molecule has 0 aromatic carbocycles. The van der Waals surface area contributed by atoms with E-state index >= 15 is 0 Å². The standard InChI is InChI=1S/3Ba.2HO4Si/c;;;2*1-5(2,3)4/h;;;2*1H/q3*+2;2*-3. The van der Waals surface area contributed by atoms with E-state index in [0.717, 1.165) is 0 Å². The summed E-state index contributed by atoms with van der Waals surface area (Å²) in [4.78, 5) is 66.1. The van der Waals surface area contributed by atoms with Crippen molar-refractivity contribution in [1.29, 1.82) is 0 Å². The zero-order valence-electron chi connectivity index (χ0n) is 6.47. The van der Waals surface area contributed by atoms with Gasteiger partial charge in [0.25, 0.3) is 0 Å². The first-order valence-electron chi connectivity index (χ1n) is 1.67. The molecule has 0 spiro atoms. The first-order valence-corrected chi connectivity index (χ1v) is 5.02. The fourth-order valence-electron chi connectivity index (χ4n) is 0. The molecule has 13 heavy (non-hydrogen) atoms. The van der Waals surface area contributed by atoms with E-state index in [1.807, 2.05) is 0 Å². The zero-order chi connectivity index (χ0) is 9.00. The second-order valence-electron chi connectivity index (χ2n) is 1.05. The molecule has 0 rings (SSSR count). The van der Waals surface area contributed by atoms with E-state index in [-0.39, 0.29) is 147 Å². The molecule has 0 aliphatic rings. The summed E-state index contributed by atoms with van der Waals surface area (Å²) in [7, 11) is -10.7. The van der Waals surface area contributed by atoms with Crippen LogP contribution in [0.5, 0.6) is 0 Å². The van der Waals surface area contributed by atoms with Crippen LogP contribution in [-0.4, -0.2) is 174 Å². The van der Waals surface area contributed by atoms with E-state index in [4.69, 9.17) is 38.4 Å². The van der Waals surface area contributed by atoms with Crippen LogP contribution < -0.4 is 28.8 Å². The molecule has 0 heterocycles. The predicted octanol–water partition coefficient (Wildman–Crippen LogP) is -10.2. The van der Waals surface area contributed by atoms with Crippen molar-refractivity contribution in [3.05, 3.63) is 0 Å². The molecule has 0 atom stereocenters. The number of hydrogen-bond donors (Lipinski definition) is 2. The molecule has 64 valence electrons. The minimum atomic E-state index is -5.36. The summed E-state index contributed by atoms with van der Waals surface area (Å²) < 4.78 is 0. The van der Waals surface area contributed by atoms with Gasteiger partial charge in [0.2, 0.25) is 0 Å². The molecular formula is H2Ba3O8Si2. The Hall–Kier alpha value is 4.83. The van der Waals surface area contributed by atoms with Crippen molar-refractivity contribution < 1.29 is 38.4 Å². The third kappa shape index (κ3) is 159. The minimum absolute atomic E-state index is 0. The topological polar surface area (TPSA) is 179 Å². The third-order valence-corrected chi connectivity index (χ3v) is 0. The van der Waals surface area contributed by atoms with E-state index in [0.29, 0.717) is 0 Å². The van der Waals surface area contributed by atoms with Gasteiger partial charge < -0.3 is 38.4 Å². The minimum Gasteiger partial charge on any atom is -0.861 e. The molecule has 0 aliphatic carbocycles. The van der Waals surface area contributed by atoms with E-state index in [1.165, 1.54) is 0 Å². The van der Waals surface area contributed by atoms with Crippen molar-refractivity contribution in [2.24, 2.45) is 0 Å². The second kappa shape index (κ2) is 14.9. The van der Waals surface area contributed by atoms with Crippen LogP contribution in [0.15, 0.2) is 0 Å². The average Bonchev–Trinajstić information content (AvgIpc) is 1.12. The van der Waals surface area contributed by atoms with Crippen LogP contribution in [0.2, 0.25) is 0 Å². The summed E-state index contributed by atoms with van der Waals surface area (Å²) >= 11 is 0. The van der Waals surface area contributed by atoms with Crippen LogP contribution in [0.3, 0.4) is 0 Å². The molecule has 8 nitrogen and oxygen atoms in total. The molecule has 0 unspecified atom stereocenters. The average molecular weight is 598 g/mol. The molecule has 2 N–H and O–H groups in total. The van der Waals surface area contributed by atoms with Crippen molar-refractivity contribution >= 4 is 165 Å². The Morgan fingerprint density at radius 2 is 0.538 bits per heavy atom. The third-order valence-electron chi connectivity index (χ3n) is 0. The summed E-state index contributed by atoms with van der Waals surface area (Å²) in [5, 5.41) is 0. The normalized spacial score (nSPS) is 9.23. The number of hydrogen-bond acceptors (Lipinski definition) is 8. The monoisotopic (exact) mass is 600 g/mol. The van der Waals surface area contributed by atoms with Crippen LogP contribution in [0, 0.1) is 0 Å². The fourth-order valence-corrected chi connectivity index (χ4v) is 0. The van der Waals surface area contributed by atoms with E-state index < -0.39 is 18.1 Å². The molecule has 0 saturated carbocycles. The van der Waals surface area contributed by atoms with E-state index in [2.05, 4.69) is 0 Å². The van der Waals surface area contributed by atoms with Gasteiger partial charge in [-0.15, -0.1) is 18.1 Å². The predicted molar refractivity (Wildman–Crippen MR) is 33.2 cm³/mol. The van der Waals surface area contributed by atoms with Gasteiger partial charge in [0, 0.05) is 0 Å². The van der Waals surface area contributed by atoms with Crippen molar-refractivity contribution in [2.75, 3.05) is 0 Å². The van der Waals surface area contributed by atoms with Gasteiger partial charge in [-0.25, -0.2) is 0 Å². The first-order chi connectivity index (χ1) is 4.00. The van der Waals surface area contributed by atoms with Crippen LogP contribution in [0.1, 0.15) is 0 Å². The molecule has 0 radical (unpaired) electrons. The van der Waals surface area contributed by atoms with Gasteiger partial charge in [-0.2, -0.15) is 0 Å². The Kier molecular flexibility index (Phi) is 35.1. The molecule has 0 aliphatic heterocycles. The van der Waals surface area contributed by atoms with E-state index in [9.17, 15) is 0 Å². The molecule has 0 aromatic rings. The van der Waals surface area contributed by atoms with Crippen molar-refractivity contribution in [2.45, 2.75) is 0 Å². The van der Waals surface area contributed by atoms with Gasteiger partial charge in [0.15, 0.2) is 0 Å². The molecule has 0 aromatic heterocycles. The fraction of sp³-hybridized carbons (Fsp3) is 0. The van der Waals surface area contributed by atoms with Gasteiger partial charge in [0.1, 0.15) is 0 Å². The van der Waals surface area contributed by atoms with Crippen LogP contribution in [0.25, 0.3) is 0 Å². The second-order valence-corrected chi connectivity index (χ2v) is 3.14. The molecule has 0 saturated heterocycles. The quantitative estimate of drug-likeness (QED) is 0.258. The molecular weight excluding hydrogens is 596 g/mol. The van der Waals surface area contributed by atoms with Crippen LogP contribution in [-0.2, 0) is 0 Å². The summed E-state index contributed by atoms with van der Waals surface area (Å²) in [5.74, 6) is 0. The first kappa shape index (κ1) is 30.7. The van der Waals surface area contributed by atoms with Gasteiger partial charge >= 0.3 is 147 Å². The smallest absolute Gasteiger partial charge is 0.861 e. The summed E-state index contributed by atoms with van der Waals surface area (Å²) in [6, 6.07) is 0. The Morgan fingerprint density at radius 3 is 0.538 bits per heavy atom. The SMILES string of the molecule is [Ba+2].[Ba+2].[Ba+2].[O-][Si]([O-])([O-])O.[O-][Si]([O-])([O-])O. The van der Waals surface area contributed by atoms with Gasteiger partial charge in [-0.05, 0) is 0 Å². The Labute approximate surface area is 197 Å². The Morgan fingerprint density at radius 1 is 0.538 bits per heavy atom. The van der Waals surface area contributed by atoms with Crippen molar-refractivity contribution in [1.82, 2.24) is 0 Å². The zero-order valence-corrected chi connectivity index (χ0v) is 21.8. The maximum absolute atomic E-state index is 8.69. The van der Waals surface area contributed by atoms with Crippen molar-refractivity contribution in [3.63, 3.8) is 0 Å². The molecule has 13 heteroatoms. The van der Waals surface area contributed by atoms with E-state index in [1.54, 1.807) is 0 Å². The maximum Gasteiger partial charge on any atom is 2.00 e. The number of rotatable bonds is 0. The maximum atomic E-state index is 8.69. The van der Waals surface area contributed by atoms with Crippen LogP contribution >= 0.6 is 0 Å². The van der Waals surface area contributed by atoms with Crippen molar-refractivity contribution in [3.8, 4) is 0 Å². The largest absolute Gasteiger partial charge is 2.00 e. The van der Waals surface area contributed by atoms with Gasteiger partial charge in [-0.3, -0.25) is 0 Å². The van der Waals surface area contributed by atoms with Gasteiger partial charge in [0.05, 0.1) is 0 Å². The Bertz CT molecular complexity index is 60.4. The molecule has 0 bridgehead atoms. The summed E-state index contributed by atoms with van der Waals surface area (Å²) in [6.07, 6.45) is 0. The molecule has 0 amide bonds. The van der Waals surface area contributed by atoms with Gasteiger partial charge in [-0.1, -0.05) is 0 Å². The Balaban J connectivity index is -0.0000000267. The summed E-state index contributed by atoms with van der Waals surface area (Å²) in [5.41, 5.74) is 0. The summed E-state index contributed by atoms with van der Waals surface area (Å²) in [6.45, 7) is 0.